The maximum Gasteiger partial charge on any atom is 0.222 e. The second kappa shape index (κ2) is 5.20. The molecule has 3 rings (SSSR count). The average Bonchev–Trinajstić information content (AvgIpc) is 2.87. The molecule has 1 saturated carbocycles. The molecule has 3 fully saturated rings. The fourth-order valence-electron chi connectivity index (χ4n) is 4.32. The Morgan fingerprint density at radius 1 is 1.06 bits per heavy atom. The summed E-state index contributed by atoms with van der Waals surface area (Å²) in [4.78, 5) is 16.7. The van der Waals surface area contributed by atoms with Crippen molar-refractivity contribution in [2.75, 3.05) is 20.1 Å². The molecule has 0 radical (unpaired) electrons. The van der Waals surface area contributed by atoms with Crippen LogP contribution in [0.4, 0.5) is 0 Å². The predicted octanol–water partition coefficient (Wildman–Crippen LogP) is 2.26. The molecular weight excluding hydrogens is 224 g/mol. The summed E-state index contributed by atoms with van der Waals surface area (Å²) in [5.41, 5.74) is 0. The summed E-state index contributed by atoms with van der Waals surface area (Å²) in [5, 5.41) is 0. The van der Waals surface area contributed by atoms with E-state index in [4.69, 9.17) is 0 Å². The zero-order chi connectivity index (χ0) is 12.5. The van der Waals surface area contributed by atoms with E-state index in [1.165, 1.54) is 51.6 Å². The lowest BCUT2D eigenvalue weighted by molar-refractivity contribution is -0.132. The van der Waals surface area contributed by atoms with Gasteiger partial charge in [-0.2, -0.15) is 0 Å². The van der Waals surface area contributed by atoms with Crippen LogP contribution in [0.1, 0.15) is 51.4 Å². The van der Waals surface area contributed by atoms with Crippen molar-refractivity contribution < 1.29 is 4.79 Å². The molecule has 2 saturated heterocycles. The molecule has 3 heteroatoms. The summed E-state index contributed by atoms with van der Waals surface area (Å²) in [7, 11) is 2.02. The topological polar surface area (TPSA) is 23.6 Å². The average molecular weight is 250 g/mol. The molecule has 2 aliphatic heterocycles. The van der Waals surface area contributed by atoms with Crippen LogP contribution in [0.25, 0.3) is 0 Å². The summed E-state index contributed by atoms with van der Waals surface area (Å²) in [5.74, 6) is 1.10. The Morgan fingerprint density at radius 2 is 1.83 bits per heavy atom. The van der Waals surface area contributed by atoms with E-state index in [0.717, 1.165) is 24.8 Å². The van der Waals surface area contributed by atoms with Crippen molar-refractivity contribution in [3.05, 3.63) is 0 Å². The Morgan fingerprint density at radius 3 is 2.61 bits per heavy atom. The van der Waals surface area contributed by atoms with Crippen molar-refractivity contribution in [1.82, 2.24) is 9.80 Å². The zero-order valence-corrected chi connectivity index (χ0v) is 11.6. The monoisotopic (exact) mass is 250 g/mol. The third-order valence-corrected chi connectivity index (χ3v) is 5.42. The van der Waals surface area contributed by atoms with Gasteiger partial charge in [0.1, 0.15) is 0 Å². The smallest absolute Gasteiger partial charge is 0.222 e. The van der Waals surface area contributed by atoms with Crippen LogP contribution in [-0.4, -0.2) is 47.9 Å². The van der Waals surface area contributed by atoms with Gasteiger partial charge in [0.25, 0.3) is 0 Å². The normalized spacial score (nSPS) is 35.6. The van der Waals surface area contributed by atoms with Crippen molar-refractivity contribution in [3.63, 3.8) is 0 Å². The number of carbonyl (C=O) groups is 1. The number of nitrogens with zero attached hydrogens (tertiary/aromatic N) is 2. The second-order valence-corrected chi connectivity index (χ2v) is 6.45. The molecule has 18 heavy (non-hydrogen) atoms. The largest absolute Gasteiger partial charge is 0.342 e. The van der Waals surface area contributed by atoms with Crippen LogP contribution in [0.15, 0.2) is 0 Å². The summed E-state index contributed by atoms with van der Waals surface area (Å²) in [6.45, 7) is 2.45. The van der Waals surface area contributed by atoms with Gasteiger partial charge in [-0.3, -0.25) is 9.69 Å². The number of carbonyl (C=O) groups excluding carboxylic acids is 1. The Bertz CT molecular complexity index is 312. The van der Waals surface area contributed by atoms with E-state index < -0.39 is 0 Å². The van der Waals surface area contributed by atoms with Crippen LogP contribution in [0.5, 0.6) is 0 Å². The van der Waals surface area contributed by atoms with E-state index in [1.54, 1.807) is 0 Å². The van der Waals surface area contributed by atoms with Gasteiger partial charge in [-0.15, -0.1) is 0 Å². The number of fused-ring (bicyclic) bond motifs is 1. The minimum absolute atomic E-state index is 0.372. The fourth-order valence-corrected chi connectivity index (χ4v) is 4.32. The molecule has 1 amide bonds. The van der Waals surface area contributed by atoms with Crippen LogP contribution in [0.2, 0.25) is 0 Å². The summed E-state index contributed by atoms with van der Waals surface area (Å²) >= 11 is 0. The van der Waals surface area contributed by atoms with E-state index in [2.05, 4.69) is 9.80 Å². The molecule has 3 aliphatic rings. The molecular formula is C15H26N2O. The van der Waals surface area contributed by atoms with E-state index >= 15 is 0 Å². The minimum atomic E-state index is 0.372. The molecule has 0 aromatic rings. The second-order valence-electron chi connectivity index (χ2n) is 6.45. The first-order valence-electron chi connectivity index (χ1n) is 7.75. The highest BCUT2D eigenvalue weighted by Gasteiger charge is 2.37. The van der Waals surface area contributed by atoms with E-state index in [9.17, 15) is 4.79 Å². The van der Waals surface area contributed by atoms with E-state index in [1.807, 2.05) is 7.05 Å². The zero-order valence-electron chi connectivity index (χ0n) is 11.6. The van der Waals surface area contributed by atoms with Crippen molar-refractivity contribution in [2.45, 2.75) is 63.5 Å². The molecule has 0 aromatic carbocycles. The summed E-state index contributed by atoms with van der Waals surface area (Å²) in [6, 6.07) is 1.38. The van der Waals surface area contributed by atoms with Gasteiger partial charge in [0, 0.05) is 38.6 Å². The molecule has 0 aromatic heterocycles. The molecule has 0 N–H and O–H groups in total. The quantitative estimate of drug-likeness (QED) is 0.712. The minimum Gasteiger partial charge on any atom is -0.342 e. The Labute approximate surface area is 111 Å². The number of rotatable bonds is 1. The van der Waals surface area contributed by atoms with E-state index in [0.29, 0.717) is 11.9 Å². The first kappa shape index (κ1) is 12.5. The standard InChI is InChI=1S/C15H26N2O/c1-16-14-9-10-17(13-6-2-3-7-13)11-12(14)5-4-8-15(16)18/h12-14H,2-11H2,1H3/t12-,14-/m1/s1. The van der Waals surface area contributed by atoms with Crippen LogP contribution < -0.4 is 0 Å². The first-order valence-corrected chi connectivity index (χ1v) is 7.75. The molecule has 3 nitrogen and oxygen atoms in total. The predicted molar refractivity (Wildman–Crippen MR) is 72.3 cm³/mol. The lowest BCUT2D eigenvalue weighted by atomic mass is 9.87. The lowest BCUT2D eigenvalue weighted by Crippen LogP contribution is -2.52. The third-order valence-electron chi connectivity index (χ3n) is 5.42. The van der Waals surface area contributed by atoms with Gasteiger partial charge < -0.3 is 4.90 Å². The van der Waals surface area contributed by atoms with Gasteiger partial charge in [0.2, 0.25) is 5.91 Å². The van der Waals surface area contributed by atoms with Gasteiger partial charge in [-0.25, -0.2) is 0 Å². The Balaban J connectivity index is 1.66. The SMILES string of the molecule is CN1C(=O)CCC[C@@H]2CN(C3CCCC3)CC[C@H]21. The Hall–Kier alpha value is -0.570. The van der Waals surface area contributed by atoms with Gasteiger partial charge >= 0.3 is 0 Å². The highest BCUT2D eigenvalue weighted by molar-refractivity contribution is 5.76. The van der Waals surface area contributed by atoms with Crippen molar-refractivity contribution in [1.29, 1.82) is 0 Å². The van der Waals surface area contributed by atoms with Crippen LogP contribution in [0.3, 0.4) is 0 Å². The molecule has 2 heterocycles. The number of hydrogen-bond donors (Lipinski definition) is 0. The van der Waals surface area contributed by atoms with Crippen LogP contribution >= 0.6 is 0 Å². The number of piperidine rings is 1. The molecule has 0 spiro atoms. The Kier molecular flexibility index (Phi) is 3.60. The van der Waals surface area contributed by atoms with Gasteiger partial charge in [0.05, 0.1) is 0 Å². The van der Waals surface area contributed by atoms with Crippen LogP contribution in [-0.2, 0) is 4.79 Å². The molecule has 2 atom stereocenters. The van der Waals surface area contributed by atoms with Gasteiger partial charge in [0.15, 0.2) is 0 Å². The van der Waals surface area contributed by atoms with Crippen molar-refractivity contribution >= 4 is 5.91 Å². The van der Waals surface area contributed by atoms with Gasteiger partial charge in [-0.05, 0) is 38.0 Å². The van der Waals surface area contributed by atoms with Crippen molar-refractivity contribution in [3.8, 4) is 0 Å². The summed E-state index contributed by atoms with van der Waals surface area (Å²) in [6.07, 6.45) is 9.99. The third kappa shape index (κ3) is 2.29. The summed E-state index contributed by atoms with van der Waals surface area (Å²) < 4.78 is 0. The maximum atomic E-state index is 11.9. The molecule has 102 valence electrons. The lowest BCUT2D eigenvalue weighted by Gasteiger charge is -2.43. The molecule has 0 unspecified atom stereocenters. The maximum absolute atomic E-state index is 11.9. The van der Waals surface area contributed by atoms with Crippen molar-refractivity contribution in [2.24, 2.45) is 5.92 Å². The van der Waals surface area contributed by atoms with Gasteiger partial charge in [-0.1, -0.05) is 12.8 Å². The fraction of sp³-hybridized carbons (Fsp3) is 0.933. The number of hydrogen-bond acceptors (Lipinski definition) is 2. The first-order chi connectivity index (χ1) is 8.75. The molecule has 1 aliphatic carbocycles. The number of amides is 1. The van der Waals surface area contributed by atoms with Crippen LogP contribution in [0, 0.1) is 5.92 Å². The highest BCUT2D eigenvalue weighted by Crippen LogP contribution is 2.33. The highest BCUT2D eigenvalue weighted by atomic mass is 16.2. The number of likely N-dealkylation sites (tertiary alicyclic amines) is 2. The van der Waals surface area contributed by atoms with E-state index in [-0.39, 0.29) is 0 Å². The molecule has 0 bridgehead atoms.